The summed E-state index contributed by atoms with van der Waals surface area (Å²) in [5, 5.41) is 13.4. The lowest BCUT2D eigenvalue weighted by Crippen LogP contribution is -2.48. The van der Waals surface area contributed by atoms with Crippen molar-refractivity contribution >= 4 is 5.97 Å². The van der Waals surface area contributed by atoms with E-state index in [-0.39, 0.29) is 24.2 Å². The third-order valence-electron chi connectivity index (χ3n) is 3.73. The van der Waals surface area contributed by atoms with Gasteiger partial charge in [0.15, 0.2) is 0 Å². The Morgan fingerprint density at radius 3 is 2.78 bits per heavy atom. The Labute approximate surface area is 110 Å². The summed E-state index contributed by atoms with van der Waals surface area (Å²) in [4.78, 5) is 11.7. The minimum absolute atomic E-state index is 0.0356. The third-order valence-corrected chi connectivity index (χ3v) is 3.73. The number of carbonyl (C=O) groups is 1. The van der Waals surface area contributed by atoms with E-state index in [0.717, 1.165) is 44.9 Å². The van der Waals surface area contributed by atoms with Gasteiger partial charge in [-0.15, -0.1) is 0 Å². The van der Waals surface area contributed by atoms with E-state index in [1.54, 1.807) is 0 Å². The van der Waals surface area contributed by atoms with Gasteiger partial charge < -0.3 is 9.84 Å². The molecule has 0 heterocycles. The lowest BCUT2D eigenvalue weighted by molar-refractivity contribution is -0.143. The minimum Gasteiger partial charge on any atom is -0.468 e. The first-order chi connectivity index (χ1) is 8.69. The number of esters is 1. The zero-order chi connectivity index (χ0) is 13.4. The molecule has 3 atom stereocenters. The number of methoxy groups -OCH3 is 1. The van der Waals surface area contributed by atoms with Gasteiger partial charge in [-0.2, -0.15) is 0 Å². The molecule has 0 radical (unpaired) electrons. The lowest BCUT2D eigenvalue weighted by Gasteiger charge is -2.26. The SMILES string of the molecule is CCCCC(NC1CCCCCC1O)C(=O)OC. The Balaban J connectivity index is 2.53. The van der Waals surface area contributed by atoms with Crippen LogP contribution in [0.2, 0.25) is 0 Å². The van der Waals surface area contributed by atoms with Crippen molar-refractivity contribution in [2.75, 3.05) is 7.11 Å². The number of unbranched alkanes of at least 4 members (excludes halogenated alkanes) is 1. The van der Waals surface area contributed by atoms with Crippen molar-refractivity contribution in [2.45, 2.75) is 76.5 Å². The Morgan fingerprint density at radius 1 is 1.39 bits per heavy atom. The first-order valence-corrected chi connectivity index (χ1v) is 7.21. The number of nitrogens with one attached hydrogen (secondary N) is 1. The molecule has 2 N–H and O–H groups in total. The van der Waals surface area contributed by atoms with Gasteiger partial charge in [-0.3, -0.25) is 10.1 Å². The molecule has 1 aliphatic carbocycles. The van der Waals surface area contributed by atoms with Gasteiger partial charge in [-0.05, 0) is 19.3 Å². The molecule has 3 unspecified atom stereocenters. The molecular weight excluding hydrogens is 230 g/mol. The number of carbonyl (C=O) groups excluding carboxylic acids is 1. The van der Waals surface area contributed by atoms with Gasteiger partial charge >= 0.3 is 5.97 Å². The molecule has 0 aromatic carbocycles. The molecule has 1 rings (SSSR count). The molecule has 106 valence electrons. The smallest absolute Gasteiger partial charge is 0.322 e. The van der Waals surface area contributed by atoms with E-state index in [9.17, 15) is 9.90 Å². The molecule has 1 saturated carbocycles. The van der Waals surface area contributed by atoms with Crippen LogP contribution in [0.5, 0.6) is 0 Å². The molecule has 0 spiro atoms. The van der Waals surface area contributed by atoms with Crippen LogP contribution in [-0.2, 0) is 9.53 Å². The van der Waals surface area contributed by atoms with E-state index in [2.05, 4.69) is 12.2 Å². The molecule has 0 bridgehead atoms. The van der Waals surface area contributed by atoms with Crippen LogP contribution >= 0.6 is 0 Å². The van der Waals surface area contributed by atoms with E-state index >= 15 is 0 Å². The van der Waals surface area contributed by atoms with Crippen LogP contribution in [0.15, 0.2) is 0 Å². The Hall–Kier alpha value is -0.610. The summed E-state index contributed by atoms with van der Waals surface area (Å²) in [7, 11) is 1.42. The maximum atomic E-state index is 11.7. The largest absolute Gasteiger partial charge is 0.468 e. The highest BCUT2D eigenvalue weighted by molar-refractivity contribution is 5.75. The molecule has 0 amide bonds. The van der Waals surface area contributed by atoms with E-state index < -0.39 is 0 Å². The van der Waals surface area contributed by atoms with Gasteiger partial charge in [-0.25, -0.2) is 0 Å². The van der Waals surface area contributed by atoms with E-state index in [1.165, 1.54) is 13.5 Å². The highest BCUT2D eigenvalue weighted by atomic mass is 16.5. The second-order valence-corrected chi connectivity index (χ2v) is 5.20. The molecule has 4 heteroatoms. The maximum absolute atomic E-state index is 11.7. The topological polar surface area (TPSA) is 58.6 Å². The monoisotopic (exact) mass is 257 g/mol. The Kier molecular flexibility index (Phi) is 7.28. The summed E-state index contributed by atoms with van der Waals surface area (Å²) in [5.74, 6) is -0.208. The second-order valence-electron chi connectivity index (χ2n) is 5.20. The van der Waals surface area contributed by atoms with Crippen molar-refractivity contribution in [3.63, 3.8) is 0 Å². The van der Waals surface area contributed by atoms with Crippen LogP contribution in [0.25, 0.3) is 0 Å². The molecule has 0 aliphatic heterocycles. The van der Waals surface area contributed by atoms with Crippen molar-refractivity contribution in [1.29, 1.82) is 0 Å². The highest BCUT2D eigenvalue weighted by Gasteiger charge is 2.27. The van der Waals surface area contributed by atoms with Gasteiger partial charge in [0.05, 0.1) is 13.2 Å². The Morgan fingerprint density at radius 2 is 2.11 bits per heavy atom. The average molecular weight is 257 g/mol. The number of rotatable bonds is 6. The molecule has 1 aliphatic rings. The molecule has 0 aromatic heterocycles. The summed E-state index contributed by atoms with van der Waals surface area (Å²) in [5.41, 5.74) is 0. The van der Waals surface area contributed by atoms with Gasteiger partial charge in [0.2, 0.25) is 0 Å². The predicted octanol–water partition coefficient (Wildman–Crippen LogP) is 2.00. The average Bonchev–Trinajstić information content (AvgIpc) is 2.58. The number of hydrogen-bond donors (Lipinski definition) is 2. The zero-order valence-electron chi connectivity index (χ0n) is 11.7. The van der Waals surface area contributed by atoms with Crippen LogP contribution in [0.3, 0.4) is 0 Å². The molecule has 1 fully saturated rings. The van der Waals surface area contributed by atoms with Crippen molar-refractivity contribution < 1.29 is 14.6 Å². The quantitative estimate of drug-likeness (QED) is 0.564. The summed E-state index contributed by atoms with van der Waals surface area (Å²) in [6.07, 6.45) is 7.66. The van der Waals surface area contributed by atoms with Crippen LogP contribution in [-0.4, -0.2) is 36.4 Å². The first kappa shape index (κ1) is 15.4. The summed E-state index contributed by atoms with van der Waals surface area (Å²) >= 11 is 0. The minimum atomic E-state index is -0.332. The number of aliphatic hydroxyl groups is 1. The van der Waals surface area contributed by atoms with E-state index in [0.29, 0.717) is 0 Å². The van der Waals surface area contributed by atoms with Gasteiger partial charge in [0, 0.05) is 6.04 Å². The fraction of sp³-hybridized carbons (Fsp3) is 0.929. The normalized spacial score (nSPS) is 26.4. The van der Waals surface area contributed by atoms with Crippen LogP contribution in [0, 0.1) is 0 Å². The lowest BCUT2D eigenvalue weighted by atomic mass is 10.0. The predicted molar refractivity (Wildman–Crippen MR) is 71.3 cm³/mol. The third kappa shape index (κ3) is 4.94. The van der Waals surface area contributed by atoms with Crippen molar-refractivity contribution in [1.82, 2.24) is 5.32 Å². The molecule has 4 nitrogen and oxygen atoms in total. The summed E-state index contributed by atoms with van der Waals surface area (Å²) < 4.78 is 4.83. The molecule has 0 saturated heterocycles. The molecular formula is C14H27NO3. The molecule has 18 heavy (non-hydrogen) atoms. The zero-order valence-corrected chi connectivity index (χ0v) is 11.7. The number of hydrogen-bond acceptors (Lipinski definition) is 4. The molecule has 0 aromatic rings. The maximum Gasteiger partial charge on any atom is 0.322 e. The Bertz CT molecular complexity index is 245. The fourth-order valence-electron chi connectivity index (χ4n) is 2.56. The van der Waals surface area contributed by atoms with Gasteiger partial charge in [0.25, 0.3) is 0 Å². The van der Waals surface area contributed by atoms with Crippen molar-refractivity contribution in [2.24, 2.45) is 0 Å². The second kappa shape index (κ2) is 8.48. The van der Waals surface area contributed by atoms with Crippen molar-refractivity contribution in [3.05, 3.63) is 0 Å². The number of aliphatic hydroxyl groups excluding tert-OH is 1. The standard InChI is InChI=1S/C14H27NO3/c1-3-4-8-12(14(17)18-2)15-11-9-6-5-7-10-13(11)16/h11-13,15-16H,3-10H2,1-2H3. The summed E-state index contributed by atoms with van der Waals surface area (Å²) in [6.45, 7) is 2.11. The van der Waals surface area contributed by atoms with E-state index in [4.69, 9.17) is 4.74 Å². The van der Waals surface area contributed by atoms with Crippen LogP contribution in [0.1, 0.15) is 58.3 Å². The van der Waals surface area contributed by atoms with Crippen molar-refractivity contribution in [3.8, 4) is 0 Å². The fourth-order valence-corrected chi connectivity index (χ4v) is 2.56. The number of ether oxygens (including phenoxy) is 1. The van der Waals surface area contributed by atoms with Crippen LogP contribution in [0.4, 0.5) is 0 Å². The highest BCUT2D eigenvalue weighted by Crippen LogP contribution is 2.19. The van der Waals surface area contributed by atoms with Gasteiger partial charge in [-0.1, -0.05) is 39.0 Å². The van der Waals surface area contributed by atoms with Gasteiger partial charge in [0.1, 0.15) is 6.04 Å². The van der Waals surface area contributed by atoms with Crippen LogP contribution < -0.4 is 5.32 Å². The summed E-state index contributed by atoms with van der Waals surface area (Å²) in [6, 6.07) is -0.235. The first-order valence-electron chi connectivity index (χ1n) is 7.21. The van der Waals surface area contributed by atoms with E-state index in [1.807, 2.05) is 0 Å².